The molecule has 228 valence electrons. The molecule has 0 saturated heterocycles. The molecule has 1 unspecified atom stereocenters. The van der Waals surface area contributed by atoms with E-state index in [0.29, 0.717) is 22.5 Å². The molecule has 0 saturated carbocycles. The summed E-state index contributed by atoms with van der Waals surface area (Å²) in [6.45, 7) is 0.169. The second-order valence-corrected chi connectivity index (χ2v) is 12.0. The van der Waals surface area contributed by atoms with Crippen molar-refractivity contribution in [1.82, 2.24) is 14.8 Å². The molecule has 3 aliphatic carbocycles. The minimum absolute atomic E-state index is 0.00978. The number of hydrogen-bond donors (Lipinski definition) is 5. The van der Waals surface area contributed by atoms with Crippen molar-refractivity contribution < 1.29 is 34.8 Å². The summed E-state index contributed by atoms with van der Waals surface area (Å²) < 4.78 is 0. The van der Waals surface area contributed by atoms with Gasteiger partial charge in [-0.2, -0.15) is 0 Å². The van der Waals surface area contributed by atoms with Gasteiger partial charge in [0.1, 0.15) is 22.8 Å². The Balaban J connectivity index is 1.66. The summed E-state index contributed by atoms with van der Waals surface area (Å²) in [5.74, 6) is -5.98. The van der Waals surface area contributed by atoms with Gasteiger partial charge in [-0.15, -0.1) is 0 Å². The second kappa shape index (κ2) is 10.7. The number of ketones is 2. The van der Waals surface area contributed by atoms with Crippen LogP contribution in [0.2, 0.25) is 0 Å². The third-order valence-corrected chi connectivity index (χ3v) is 8.78. The summed E-state index contributed by atoms with van der Waals surface area (Å²) in [5.41, 5.74) is -1.04. The van der Waals surface area contributed by atoms with E-state index in [1.807, 2.05) is 25.1 Å². The number of amides is 1. The number of allylic oxidation sites excluding steroid dienone is 1. The van der Waals surface area contributed by atoms with Gasteiger partial charge in [0.2, 0.25) is 5.78 Å². The number of hydrogen-bond acceptors (Lipinski definition) is 11. The van der Waals surface area contributed by atoms with Crippen molar-refractivity contribution >= 4 is 28.8 Å². The Morgan fingerprint density at radius 3 is 2.40 bits per heavy atom. The number of Topliss-reactive ketones (excluding diaryl/α,β-unsaturated/α-hetero) is 2. The van der Waals surface area contributed by atoms with E-state index >= 15 is 0 Å². The number of anilines is 2. The van der Waals surface area contributed by atoms with Crippen LogP contribution in [0.1, 0.15) is 27.9 Å². The van der Waals surface area contributed by atoms with Gasteiger partial charge in [-0.25, -0.2) is 0 Å². The van der Waals surface area contributed by atoms with E-state index in [2.05, 4.69) is 10.3 Å². The van der Waals surface area contributed by atoms with E-state index in [-0.39, 0.29) is 36.3 Å². The Kier molecular flexibility index (Phi) is 7.47. The summed E-state index contributed by atoms with van der Waals surface area (Å²) >= 11 is 0. The van der Waals surface area contributed by atoms with Crippen LogP contribution in [0.4, 0.5) is 11.4 Å². The van der Waals surface area contributed by atoms with Crippen molar-refractivity contribution in [2.45, 2.75) is 31.0 Å². The van der Waals surface area contributed by atoms with Crippen molar-refractivity contribution in [2.75, 3.05) is 52.5 Å². The zero-order valence-corrected chi connectivity index (χ0v) is 25.0. The van der Waals surface area contributed by atoms with E-state index in [1.165, 1.54) is 14.1 Å². The quantitative estimate of drug-likeness (QED) is 0.311. The maximum absolute atomic E-state index is 14.2. The van der Waals surface area contributed by atoms with Gasteiger partial charge in [0.15, 0.2) is 11.4 Å². The molecule has 1 aromatic heterocycles. The molecule has 2 aromatic rings. The zero-order valence-electron chi connectivity index (χ0n) is 25.0. The molecule has 12 nitrogen and oxygen atoms in total. The van der Waals surface area contributed by atoms with Gasteiger partial charge < -0.3 is 35.5 Å². The molecule has 12 heteroatoms. The number of phenolic OH excluding ortho intramolecular Hbond substituents is 1. The largest absolute Gasteiger partial charge is 0.510 e. The van der Waals surface area contributed by atoms with Crippen LogP contribution >= 0.6 is 0 Å². The third-order valence-electron chi connectivity index (χ3n) is 8.78. The van der Waals surface area contributed by atoms with E-state index in [9.17, 15) is 34.8 Å². The number of carbonyl (C=O) groups excluding carboxylic acids is 3. The first-order valence-corrected chi connectivity index (χ1v) is 14.0. The fourth-order valence-electron chi connectivity index (χ4n) is 6.74. The molecule has 0 radical (unpaired) electrons. The number of fused-ring (bicyclic) bond motifs is 3. The fraction of sp³-hybridized carbons (Fsp3) is 0.419. The highest BCUT2D eigenvalue weighted by Gasteiger charge is 2.63. The first-order valence-electron chi connectivity index (χ1n) is 14.0. The highest BCUT2D eigenvalue weighted by molar-refractivity contribution is 6.25. The summed E-state index contributed by atoms with van der Waals surface area (Å²) in [6, 6.07) is 4.39. The lowest BCUT2D eigenvalue weighted by atomic mass is 9.58. The number of phenols is 1. The number of benzene rings is 1. The molecule has 0 spiro atoms. The first-order chi connectivity index (χ1) is 20.2. The monoisotopic (exact) mass is 591 g/mol. The molecule has 1 heterocycles. The number of aromatic hydroxyl groups is 1. The van der Waals surface area contributed by atoms with Crippen LogP contribution in [0, 0.1) is 11.8 Å². The lowest BCUT2D eigenvalue weighted by molar-refractivity contribution is -0.149. The minimum atomic E-state index is -2.64. The van der Waals surface area contributed by atoms with Crippen LogP contribution in [-0.2, 0) is 22.6 Å². The zero-order chi connectivity index (χ0) is 31.5. The molecular weight excluding hydrogens is 554 g/mol. The topological polar surface area (TPSA) is 167 Å². The highest BCUT2D eigenvalue weighted by Crippen LogP contribution is 2.53. The summed E-state index contributed by atoms with van der Waals surface area (Å²) in [7, 11) is 9.72. The number of carbonyl (C=O) groups is 3. The van der Waals surface area contributed by atoms with Crippen LogP contribution in [0.25, 0.3) is 0 Å². The summed E-state index contributed by atoms with van der Waals surface area (Å²) in [6.07, 6.45) is 3.55. The highest BCUT2D eigenvalue weighted by atomic mass is 16.3. The normalized spacial score (nSPS) is 24.9. The summed E-state index contributed by atoms with van der Waals surface area (Å²) in [5, 5.41) is 49.5. The van der Waals surface area contributed by atoms with Crippen LogP contribution in [0.5, 0.6) is 5.75 Å². The fourth-order valence-corrected chi connectivity index (χ4v) is 6.74. The SMILES string of the molecule is CN(C)C(=O)C1=C(O)C(N(C)C)[C@@H]2C[C@@H]3Cc4c(N(C)C)cc(CNc5cccnc5)c(O)c4C(=O)C3=C(O)[C@]2(O)C1=O. The Bertz CT molecular complexity index is 1580. The van der Waals surface area contributed by atoms with Crippen molar-refractivity contribution in [3.8, 4) is 5.75 Å². The van der Waals surface area contributed by atoms with Crippen LogP contribution in [-0.4, -0.2) is 107 Å². The standard InChI is InChI=1S/C31H37N5O7/c1-34(2)20-12-16(13-33-17-8-7-9-32-14-17)25(37)22-18(20)10-15-11-19-24(35(3)4)27(39)23(30(42)36(5)6)29(41)31(19,43)28(40)21(15)26(22)38/h7-9,12,14-15,19,24,33,37,39-40,43H,10-11,13H2,1-6H3/t15-,19-,24?,31-/m0/s1. The molecule has 0 aliphatic heterocycles. The van der Waals surface area contributed by atoms with Crippen LogP contribution < -0.4 is 10.2 Å². The number of aromatic nitrogens is 1. The van der Waals surface area contributed by atoms with Crippen molar-refractivity contribution in [3.63, 3.8) is 0 Å². The molecule has 5 N–H and O–H groups in total. The number of aliphatic hydroxyl groups excluding tert-OH is 2. The van der Waals surface area contributed by atoms with Gasteiger partial charge >= 0.3 is 0 Å². The van der Waals surface area contributed by atoms with Gasteiger partial charge in [-0.1, -0.05) is 0 Å². The number of rotatable bonds is 6. The van der Waals surface area contributed by atoms with E-state index in [0.717, 1.165) is 4.90 Å². The first kappa shape index (κ1) is 30.1. The Hall–Kier alpha value is -4.42. The molecule has 3 aliphatic rings. The van der Waals surface area contributed by atoms with Gasteiger partial charge in [-0.3, -0.25) is 24.3 Å². The summed E-state index contributed by atoms with van der Waals surface area (Å²) in [4.78, 5) is 49.6. The van der Waals surface area contributed by atoms with Crippen LogP contribution in [0.3, 0.4) is 0 Å². The van der Waals surface area contributed by atoms with E-state index in [4.69, 9.17) is 0 Å². The Morgan fingerprint density at radius 1 is 1.12 bits per heavy atom. The molecule has 43 heavy (non-hydrogen) atoms. The van der Waals surface area contributed by atoms with Gasteiger partial charge in [-0.05, 0) is 56.6 Å². The average molecular weight is 592 g/mol. The van der Waals surface area contributed by atoms with Crippen LogP contribution in [0.15, 0.2) is 53.3 Å². The lowest BCUT2D eigenvalue weighted by Gasteiger charge is -2.50. The third kappa shape index (κ3) is 4.52. The van der Waals surface area contributed by atoms with E-state index in [1.54, 1.807) is 43.5 Å². The Labute approximate surface area is 249 Å². The Morgan fingerprint density at radius 2 is 1.81 bits per heavy atom. The van der Waals surface area contributed by atoms with Gasteiger partial charge in [0.25, 0.3) is 5.91 Å². The maximum Gasteiger partial charge on any atom is 0.260 e. The lowest BCUT2D eigenvalue weighted by Crippen LogP contribution is -2.64. The van der Waals surface area contributed by atoms with Gasteiger partial charge in [0, 0.05) is 69.9 Å². The number of likely N-dealkylation sites (N-methyl/N-ethyl adjacent to an activating group) is 2. The van der Waals surface area contributed by atoms with Gasteiger partial charge in [0.05, 0.1) is 17.3 Å². The molecule has 0 bridgehead atoms. The smallest absolute Gasteiger partial charge is 0.260 e. The second-order valence-electron chi connectivity index (χ2n) is 12.0. The van der Waals surface area contributed by atoms with Crippen molar-refractivity contribution in [2.24, 2.45) is 11.8 Å². The minimum Gasteiger partial charge on any atom is -0.510 e. The predicted octanol–water partition coefficient (Wildman–Crippen LogP) is 1.80. The molecule has 1 aromatic carbocycles. The molecule has 4 atom stereocenters. The number of aliphatic hydroxyl groups is 3. The molecule has 0 fully saturated rings. The average Bonchev–Trinajstić information content (AvgIpc) is 2.94. The number of pyridine rings is 1. The number of nitrogens with zero attached hydrogens (tertiary/aromatic N) is 4. The molecule has 1 amide bonds. The van der Waals surface area contributed by atoms with E-state index < -0.39 is 58.0 Å². The van der Waals surface area contributed by atoms with Crippen molar-refractivity contribution in [3.05, 3.63) is 69.9 Å². The maximum atomic E-state index is 14.2. The molecular formula is C31H37N5O7. The predicted molar refractivity (Wildman–Crippen MR) is 159 cm³/mol. The number of nitrogens with one attached hydrogen (secondary N) is 1. The molecule has 5 rings (SSSR count). The van der Waals surface area contributed by atoms with Crippen molar-refractivity contribution in [1.29, 1.82) is 0 Å².